The maximum atomic E-state index is 13.8. The quantitative estimate of drug-likeness (QED) is 0.561. The number of carbonyl (C=O) groups excluding carboxylic acids is 1. The van der Waals surface area contributed by atoms with Crippen LogP contribution in [-0.2, 0) is 0 Å². The first kappa shape index (κ1) is 15.7. The van der Waals surface area contributed by atoms with Crippen LogP contribution < -0.4 is 0 Å². The highest BCUT2D eigenvalue weighted by molar-refractivity contribution is 9.09. The first-order valence-electron chi connectivity index (χ1n) is 6.47. The molecule has 20 heavy (non-hydrogen) atoms. The van der Waals surface area contributed by atoms with E-state index >= 15 is 0 Å². The molecule has 1 aromatic carbocycles. The first-order chi connectivity index (χ1) is 9.41. The maximum Gasteiger partial charge on any atom is 0.256 e. The summed E-state index contributed by atoms with van der Waals surface area (Å²) in [4.78, 5) is 14.0. The molecule has 110 valence electrons. The van der Waals surface area contributed by atoms with E-state index in [0.29, 0.717) is 0 Å². The van der Waals surface area contributed by atoms with Crippen LogP contribution in [-0.4, -0.2) is 28.7 Å². The van der Waals surface area contributed by atoms with Crippen LogP contribution in [0.2, 0.25) is 5.02 Å². The van der Waals surface area contributed by atoms with Crippen molar-refractivity contribution in [1.82, 2.24) is 4.90 Å². The molecule has 2 unspecified atom stereocenters. The van der Waals surface area contributed by atoms with Crippen molar-refractivity contribution in [1.29, 1.82) is 0 Å². The van der Waals surface area contributed by atoms with Crippen LogP contribution in [0.4, 0.5) is 8.78 Å². The second kappa shape index (κ2) is 6.39. The zero-order chi connectivity index (χ0) is 14.9. The molecule has 0 bridgehead atoms. The van der Waals surface area contributed by atoms with Crippen molar-refractivity contribution in [2.75, 3.05) is 7.05 Å². The number of alkyl halides is 1. The van der Waals surface area contributed by atoms with Crippen molar-refractivity contribution < 1.29 is 13.6 Å². The summed E-state index contributed by atoms with van der Waals surface area (Å²) in [6, 6.07) is 1.70. The Hall–Kier alpha value is -0.680. The van der Waals surface area contributed by atoms with Crippen molar-refractivity contribution in [2.45, 2.75) is 36.6 Å². The number of amides is 1. The van der Waals surface area contributed by atoms with Crippen LogP contribution in [0, 0.1) is 11.6 Å². The van der Waals surface area contributed by atoms with E-state index in [1.165, 1.54) is 4.90 Å². The molecule has 0 saturated heterocycles. The summed E-state index contributed by atoms with van der Waals surface area (Å²) in [6.07, 6.45) is 3.97. The summed E-state index contributed by atoms with van der Waals surface area (Å²) in [5.41, 5.74) is -0.278. The molecule has 0 N–H and O–H groups in total. The molecule has 0 aliphatic heterocycles. The predicted molar refractivity (Wildman–Crippen MR) is 78.4 cm³/mol. The summed E-state index contributed by atoms with van der Waals surface area (Å²) in [5, 5.41) is -0.322. The third kappa shape index (κ3) is 3.14. The molecule has 1 fully saturated rings. The molecule has 0 aromatic heterocycles. The highest BCUT2D eigenvalue weighted by Gasteiger charge is 2.30. The molecule has 0 spiro atoms. The van der Waals surface area contributed by atoms with Gasteiger partial charge in [-0.15, -0.1) is 0 Å². The molecule has 2 nitrogen and oxygen atoms in total. The Morgan fingerprint density at radius 1 is 1.30 bits per heavy atom. The molecule has 1 aliphatic carbocycles. The minimum atomic E-state index is -0.796. The van der Waals surface area contributed by atoms with Crippen LogP contribution in [0.25, 0.3) is 0 Å². The van der Waals surface area contributed by atoms with Gasteiger partial charge in [-0.2, -0.15) is 0 Å². The van der Waals surface area contributed by atoms with Crippen LogP contribution in [0.15, 0.2) is 12.1 Å². The van der Waals surface area contributed by atoms with Gasteiger partial charge in [0.1, 0.15) is 11.6 Å². The highest BCUT2D eigenvalue weighted by Crippen LogP contribution is 2.29. The number of nitrogens with zero attached hydrogens (tertiary/aromatic N) is 1. The van der Waals surface area contributed by atoms with Crippen molar-refractivity contribution in [3.63, 3.8) is 0 Å². The summed E-state index contributed by atoms with van der Waals surface area (Å²) in [5.74, 6) is -2.10. The molecular weight excluding hydrogens is 352 g/mol. The van der Waals surface area contributed by atoms with Gasteiger partial charge in [-0.3, -0.25) is 4.79 Å². The van der Waals surface area contributed by atoms with Gasteiger partial charge in [0.05, 0.1) is 10.6 Å². The van der Waals surface area contributed by atoms with Crippen molar-refractivity contribution in [2.24, 2.45) is 0 Å². The summed E-state index contributed by atoms with van der Waals surface area (Å²) in [6.45, 7) is 0. The second-order valence-corrected chi connectivity index (χ2v) is 6.61. The lowest BCUT2D eigenvalue weighted by molar-refractivity contribution is 0.0699. The lowest BCUT2D eigenvalue weighted by Gasteiger charge is -2.35. The van der Waals surface area contributed by atoms with E-state index in [4.69, 9.17) is 11.6 Å². The Bertz CT molecular complexity index is 526. The van der Waals surface area contributed by atoms with Gasteiger partial charge < -0.3 is 4.90 Å². The Labute approximate surface area is 130 Å². The van der Waals surface area contributed by atoms with Gasteiger partial charge in [0.15, 0.2) is 0 Å². The largest absolute Gasteiger partial charge is 0.338 e. The van der Waals surface area contributed by atoms with Crippen molar-refractivity contribution >= 4 is 33.4 Å². The molecule has 1 aliphatic rings. The van der Waals surface area contributed by atoms with Gasteiger partial charge in [0.25, 0.3) is 5.91 Å². The van der Waals surface area contributed by atoms with E-state index in [-0.39, 0.29) is 21.5 Å². The number of carbonyl (C=O) groups is 1. The normalized spacial score (nSPS) is 22.6. The van der Waals surface area contributed by atoms with Gasteiger partial charge in [-0.25, -0.2) is 8.78 Å². The third-order valence-corrected chi connectivity index (χ3v) is 5.06. The first-order valence-corrected chi connectivity index (χ1v) is 7.77. The highest BCUT2D eigenvalue weighted by atomic mass is 79.9. The van der Waals surface area contributed by atoms with E-state index in [1.807, 2.05) is 0 Å². The van der Waals surface area contributed by atoms with E-state index in [1.54, 1.807) is 7.05 Å². The van der Waals surface area contributed by atoms with Gasteiger partial charge >= 0.3 is 0 Å². The number of hydrogen-bond donors (Lipinski definition) is 0. The topological polar surface area (TPSA) is 20.3 Å². The minimum absolute atomic E-state index is 0.00520. The van der Waals surface area contributed by atoms with Crippen LogP contribution in [0.5, 0.6) is 0 Å². The maximum absolute atomic E-state index is 13.8. The second-order valence-electron chi connectivity index (χ2n) is 5.03. The molecule has 0 heterocycles. The van der Waals surface area contributed by atoms with Crippen LogP contribution in [0.3, 0.4) is 0 Å². The Morgan fingerprint density at radius 2 is 1.95 bits per heavy atom. The lowest BCUT2D eigenvalue weighted by Crippen LogP contribution is -2.44. The molecule has 1 amide bonds. The van der Waals surface area contributed by atoms with Gasteiger partial charge in [-0.05, 0) is 25.0 Å². The average Bonchev–Trinajstić information content (AvgIpc) is 2.42. The Balaban J connectivity index is 2.24. The monoisotopic (exact) mass is 365 g/mol. The van der Waals surface area contributed by atoms with Gasteiger partial charge in [0.2, 0.25) is 0 Å². The van der Waals surface area contributed by atoms with Crippen LogP contribution in [0.1, 0.15) is 36.0 Å². The zero-order valence-electron chi connectivity index (χ0n) is 11.0. The number of rotatable bonds is 2. The number of benzene rings is 1. The fraction of sp³-hybridized carbons (Fsp3) is 0.500. The predicted octanol–water partition coefficient (Wildman–Crippen LogP) is 4.40. The molecule has 6 heteroatoms. The number of hydrogen-bond acceptors (Lipinski definition) is 1. The Morgan fingerprint density at radius 3 is 2.60 bits per heavy atom. The average molecular weight is 367 g/mol. The molecule has 1 saturated carbocycles. The van der Waals surface area contributed by atoms with Crippen molar-refractivity contribution in [3.05, 3.63) is 34.4 Å². The fourth-order valence-corrected chi connectivity index (χ4v) is 3.62. The van der Waals surface area contributed by atoms with E-state index < -0.39 is 17.5 Å². The van der Waals surface area contributed by atoms with Gasteiger partial charge in [0, 0.05) is 17.9 Å². The molecule has 2 atom stereocenters. The minimum Gasteiger partial charge on any atom is -0.338 e. The molecule has 1 aromatic rings. The standard InChI is InChI=1S/C14H15BrClF2NO/c1-19(13-5-3-2-4-9(13)15)14(20)8-6-12(18)10(16)7-11(8)17/h6-7,9,13H,2-5H2,1H3. The fourth-order valence-electron chi connectivity index (χ4n) is 2.53. The zero-order valence-corrected chi connectivity index (χ0v) is 13.3. The summed E-state index contributed by atoms with van der Waals surface area (Å²) >= 11 is 9.05. The molecular formula is C14H15BrClF2NO. The SMILES string of the molecule is CN(C(=O)c1cc(F)c(Cl)cc1F)C1CCCCC1Br. The molecule has 2 rings (SSSR count). The third-order valence-electron chi connectivity index (χ3n) is 3.71. The lowest BCUT2D eigenvalue weighted by atomic mass is 9.94. The van der Waals surface area contributed by atoms with Crippen molar-refractivity contribution in [3.8, 4) is 0 Å². The smallest absolute Gasteiger partial charge is 0.256 e. The van der Waals surface area contributed by atoms with E-state index in [0.717, 1.165) is 37.8 Å². The van der Waals surface area contributed by atoms with Crippen LogP contribution >= 0.6 is 27.5 Å². The summed E-state index contributed by atoms with van der Waals surface area (Å²) < 4.78 is 27.2. The van der Waals surface area contributed by atoms with Gasteiger partial charge in [-0.1, -0.05) is 40.4 Å². The van der Waals surface area contributed by atoms with E-state index in [9.17, 15) is 13.6 Å². The number of halogens is 4. The molecule has 0 radical (unpaired) electrons. The Kier molecular flexibility index (Phi) is 5.02. The summed E-state index contributed by atoms with van der Waals surface area (Å²) in [7, 11) is 1.62. The van der Waals surface area contributed by atoms with E-state index in [2.05, 4.69) is 15.9 Å².